The van der Waals surface area contributed by atoms with Gasteiger partial charge in [-0.1, -0.05) is 25.1 Å². The molecule has 0 radical (unpaired) electrons. The quantitative estimate of drug-likeness (QED) is 0.864. The molecule has 0 aliphatic carbocycles. The Labute approximate surface area is 136 Å². The minimum Gasteiger partial charge on any atom is -0.395 e. The van der Waals surface area contributed by atoms with Crippen LogP contribution in [-0.4, -0.2) is 69.8 Å². The third-order valence-electron chi connectivity index (χ3n) is 4.73. The number of carbonyl (C=O) groups excluding carboxylic acids is 1. The van der Waals surface area contributed by atoms with Gasteiger partial charge in [-0.2, -0.15) is 5.10 Å². The molecule has 1 saturated heterocycles. The molecule has 1 amide bonds. The number of fused-ring (bicyclic) bond motifs is 1. The van der Waals surface area contributed by atoms with Gasteiger partial charge >= 0.3 is 0 Å². The van der Waals surface area contributed by atoms with Crippen LogP contribution in [0, 0.1) is 0 Å². The third kappa shape index (κ3) is 3.38. The van der Waals surface area contributed by atoms with E-state index in [1.54, 1.807) is 0 Å². The van der Waals surface area contributed by atoms with Crippen LogP contribution >= 0.6 is 0 Å². The van der Waals surface area contributed by atoms with E-state index >= 15 is 0 Å². The first-order chi connectivity index (χ1) is 11.2. The van der Waals surface area contributed by atoms with Crippen LogP contribution in [0.2, 0.25) is 0 Å². The summed E-state index contributed by atoms with van der Waals surface area (Å²) in [6.45, 7) is 5.37. The lowest BCUT2D eigenvalue weighted by Crippen LogP contribution is -2.53. The van der Waals surface area contributed by atoms with E-state index in [1.165, 1.54) is 0 Å². The van der Waals surface area contributed by atoms with Crippen LogP contribution in [0.25, 0.3) is 10.9 Å². The van der Waals surface area contributed by atoms with Gasteiger partial charge in [-0.15, -0.1) is 0 Å². The molecule has 2 aromatic rings. The molecule has 23 heavy (non-hydrogen) atoms. The fourth-order valence-corrected chi connectivity index (χ4v) is 3.25. The molecule has 2 N–H and O–H groups in total. The fourth-order valence-electron chi connectivity index (χ4n) is 3.25. The summed E-state index contributed by atoms with van der Waals surface area (Å²) in [5.74, 6) is 0.135. The second kappa shape index (κ2) is 7.10. The molecule has 1 aliphatic rings. The van der Waals surface area contributed by atoms with Gasteiger partial charge in [0, 0.05) is 37.6 Å². The molecule has 1 atom stereocenters. The monoisotopic (exact) mass is 316 g/mol. The lowest BCUT2D eigenvalue weighted by molar-refractivity contribution is -0.132. The number of rotatable bonds is 5. The molecule has 1 aromatic heterocycles. The summed E-state index contributed by atoms with van der Waals surface area (Å²) in [4.78, 5) is 16.7. The van der Waals surface area contributed by atoms with E-state index in [9.17, 15) is 9.90 Å². The minimum atomic E-state index is 0.135. The van der Waals surface area contributed by atoms with Crippen molar-refractivity contribution in [2.24, 2.45) is 0 Å². The summed E-state index contributed by atoms with van der Waals surface area (Å²) >= 11 is 0. The molecule has 1 aromatic carbocycles. The van der Waals surface area contributed by atoms with Gasteiger partial charge < -0.3 is 10.0 Å². The largest absolute Gasteiger partial charge is 0.395 e. The summed E-state index contributed by atoms with van der Waals surface area (Å²) in [5, 5.41) is 17.6. The highest BCUT2D eigenvalue weighted by molar-refractivity contribution is 5.87. The van der Waals surface area contributed by atoms with Crippen molar-refractivity contribution in [3.8, 4) is 0 Å². The fraction of sp³-hybridized carbons (Fsp3) is 0.529. The first kappa shape index (κ1) is 16.0. The van der Waals surface area contributed by atoms with Crippen molar-refractivity contribution in [1.82, 2.24) is 20.0 Å². The number of nitrogens with zero attached hydrogens (tertiary/aromatic N) is 3. The van der Waals surface area contributed by atoms with Crippen molar-refractivity contribution in [1.29, 1.82) is 0 Å². The Morgan fingerprint density at radius 1 is 1.30 bits per heavy atom. The summed E-state index contributed by atoms with van der Waals surface area (Å²) in [6.07, 6.45) is 1.29. The lowest BCUT2D eigenvalue weighted by Gasteiger charge is -2.38. The maximum Gasteiger partial charge on any atom is 0.228 e. The topological polar surface area (TPSA) is 72.5 Å². The summed E-state index contributed by atoms with van der Waals surface area (Å²) < 4.78 is 0. The number of hydrogen-bond acceptors (Lipinski definition) is 4. The number of piperazine rings is 1. The Hall–Kier alpha value is -1.92. The van der Waals surface area contributed by atoms with E-state index in [0.717, 1.165) is 49.2 Å². The second-order valence-electron chi connectivity index (χ2n) is 6.06. The van der Waals surface area contributed by atoms with Gasteiger partial charge in [0.05, 0.1) is 24.2 Å². The van der Waals surface area contributed by atoms with Crippen molar-refractivity contribution in [2.45, 2.75) is 25.8 Å². The van der Waals surface area contributed by atoms with Crippen molar-refractivity contribution in [2.75, 3.05) is 32.8 Å². The molecule has 1 unspecified atom stereocenters. The highest BCUT2D eigenvalue weighted by Gasteiger charge is 2.25. The summed E-state index contributed by atoms with van der Waals surface area (Å²) in [6, 6.07) is 8.05. The number of para-hydroxylation sites is 1. The Morgan fingerprint density at radius 3 is 2.74 bits per heavy atom. The van der Waals surface area contributed by atoms with Gasteiger partial charge in [0.1, 0.15) is 0 Å². The second-order valence-corrected chi connectivity index (χ2v) is 6.06. The molecule has 1 fully saturated rings. The van der Waals surface area contributed by atoms with Crippen LogP contribution in [0.3, 0.4) is 0 Å². The number of H-pyrrole nitrogens is 1. The molecule has 0 spiro atoms. The highest BCUT2D eigenvalue weighted by Crippen LogP contribution is 2.17. The van der Waals surface area contributed by atoms with Crippen LogP contribution < -0.4 is 0 Å². The van der Waals surface area contributed by atoms with Crippen molar-refractivity contribution in [3.63, 3.8) is 0 Å². The van der Waals surface area contributed by atoms with E-state index in [0.29, 0.717) is 6.42 Å². The molecule has 6 heteroatoms. The molecule has 0 bridgehead atoms. The Balaban J connectivity index is 1.60. The van der Waals surface area contributed by atoms with Crippen LogP contribution in [0.15, 0.2) is 24.3 Å². The SMILES string of the molecule is CCC(CO)N1CCN(C(=O)Cc2[nH]nc3ccccc23)CC1. The zero-order valence-electron chi connectivity index (χ0n) is 13.5. The van der Waals surface area contributed by atoms with Gasteiger partial charge in [-0.3, -0.25) is 14.8 Å². The number of aliphatic hydroxyl groups excluding tert-OH is 1. The van der Waals surface area contributed by atoms with Gasteiger partial charge in [0.15, 0.2) is 0 Å². The third-order valence-corrected chi connectivity index (χ3v) is 4.73. The average molecular weight is 316 g/mol. The number of carbonyl (C=O) groups is 1. The molecule has 2 heterocycles. The van der Waals surface area contributed by atoms with Crippen LogP contribution in [0.4, 0.5) is 0 Å². The minimum absolute atomic E-state index is 0.135. The number of aromatic amines is 1. The first-order valence-corrected chi connectivity index (χ1v) is 8.27. The number of nitrogens with one attached hydrogen (secondary N) is 1. The zero-order chi connectivity index (χ0) is 16.2. The molecule has 124 valence electrons. The Morgan fingerprint density at radius 2 is 2.04 bits per heavy atom. The summed E-state index contributed by atoms with van der Waals surface area (Å²) in [5.41, 5.74) is 1.78. The average Bonchev–Trinajstić information content (AvgIpc) is 3.00. The molecule has 1 aliphatic heterocycles. The normalized spacial score (nSPS) is 17.6. The van der Waals surface area contributed by atoms with Crippen molar-refractivity contribution in [3.05, 3.63) is 30.0 Å². The first-order valence-electron chi connectivity index (χ1n) is 8.27. The van der Waals surface area contributed by atoms with Crippen LogP contribution in [-0.2, 0) is 11.2 Å². The number of aliphatic hydroxyl groups is 1. The van der Waals surface area contributed by atoms with Crippen LogP contribution in [0.1, 0.15) is 19.0 Å². The lowest BCUT2D eigenvalue weighted by atomic mass is 10.1. The molecular formula is C17H24N4O2. The van der Waals surface area contributed by atoms with E-state index in [4.69, 9.17) is 0 Å². The Kier molecular flexibility index (Phi) is 4.93. The Bertz CT molecular complexity index is 657. The van der Waals surface area contributed by atoms with E-state index < -0.39 is 0 Å². The molecular weight excluding hydrogens is 292 g/mol. The predicted molar refractivity (Wildman–Crippen MR) is 89.1 cm³/mol. The summed E-state index contributed by atoms with van der Waals surface area (Å²) in [7, 11) is 0. The van der Waals surface area contributed by atoms with E-state index in [1.807, 2.05) is 29.2 Å². The maximum atomic E-state index is 12.5. The number of hydrogen-bond donors (Lipinski definition) is 2. The zero-order valence-corrected chi connectivity index (χ0v) is 13.5. The number of aromatic nitrogens is 2. The van der Waals surface area contributed by atoms with Crippen molar-refractivity contribution < 1.29 is 9.90 Å². The molecule has 6 nitrogen and oxygen atoms in total. The van der Waals surface area contributed by atoms with E-state index in [2.05, 4.69) is 22.0 Å². The number of amides is 1. The molecule has 3 rings (SSSR count). The molecule has 0 saturated carbocycles. The predicted octanol–water partition coefficient (Wildman–Crippen LogP) is 1.02. The van der Waals surface area contributed by atoms with Crippen LogP contribution in [0.5, 0.6) is 0 Å². The standard InChI is InChI=1S/C17H24N4O2/c1-2-13(12-22)20-7-9-21(10-8-20)17(23)11-16-14-5-3-4-6-15(14)18-19-16/h3-6,13,22H,2,7-12H2,1H3,(H,18,19). The van der Waals surface area contributed by atoms with Gasteiger partial charge in [-0.25, -0.2) is 0 Å². The smallest absolute Gasteiger partial charge is 0.228 e. The van der Waals surface area contributed by atoms with E-state index in [-0.39, 0.29) is 18.6 Å². The van der Waals surface area contributed by atoms with Gasteiger partial charge in [0.25, 0.3) is 0 Å². The highest BCUT2D eigenvalue weighted by atomic mass is 16.3. The van der Waals surface area contributed by atoms with Gasteiger partial charge in [0.2, 0.25) is 5.91 Å². The number of benzene rings is 1. The van der Waals surface area contributed by atoms with Crippen molar-refractivity contribution >= 4 is 16.8 Å². The maximum absolute atomic E-state index is 12.5. The van der Waals surface area contributed by atoms with Gasteiger partial charge in [-0.05, 0) is 12.5 Å².